The molecule has 0 saturated carbocycles. The van der Waals surface area contributed by atoms with Gasteiger partial charge in [0.05, 0.1) is 5.69 Å². The monoisotopic (exact) mass is 239 g/mol. The second-order valence-corrected chi connectivity index (χ2v) is 4.67. The van der Waals surface area contributed by atoms with Crippen LogP contribution in [0.15, 0.2) is 6.20 Å². The molecule has 0 aromatic carbocycles. The van der Waals surface area contributed by atoms with Gasteiger partial charge in [0.15, 0.2) is 0 Å². The number of nitrogens with zero attached hydrogens (tertiary/aromatic N) is 3. The lowest BCUT2D eigenvalue weighted by Gasteiger charge is -2.28. The first-order valence-corrected chi connectivity index (χ1v) is 5.76. The molecule has 0 N–H and O–H groups in total. The zero-order chi connectivity index (χ0) is 11.7. The van der Waals surface area contributed by atoms with Gasteiger partial charge in [0, 0.05) is 31.3 Å². The molecule has 1 aromatic heterocycles. The summed E-state index contributed by atoms with van der Waals surface area (Å²) in [7, 11) is 0. The third-order valence-electron chi connectivity index (χ3n) is 2.71. The Kier molecular flexibility index (Phi) is 3.10. The van der Waals surface area contributed by atoms with Crippen molar-refractivity contribution in [2.24, 2.45) is 0 Å². The van der Waals surface area contributed by atoms with E-state index >= 15 is 0 Å². The lowest BCUT2D eigenvalue weighted by Crippen LogP contribution is -2.39. The highest BCUT2D eigenvalue weighted by molar-refractivity contribution is 6.30. The molecule has 2 rings (SSSR count). The van der Waals surface area contributed by atoms with Gasteiger partial charge in [-0.05, 0) is 13.8 Å². The summed E-state index contributed by atoms with van der Waals surface area (Å²) in [5.41, 5.74) is 2.08. The van der Waals surface area contributed by atoms with Gasteiger partial charge in [0.25, 0.3) is 0 Å². The first-order chi connectivity index (χ1) is 7.58. The molecule has 4 nitrogen and oxygen atoms in total. The van der Waals surface area contributed by atoms with E-state index in [-0.39, 0.29) is 5.91 Å². The normalized spacial score (nSPS) is 16.8. The number of fused-ring (bicyclic) bond motifs is 1. The molecule has 16 heavy (non-hydrogen) atoms. The van der Waals surface area contributed by atoms with Gasteiger partial charge in [0.1, 0.15) is 11.2 Å². The molecule has 0 radical (unpaired) electrons. The number of halogens is 1. The third kappa shape index (κ3) is 2.16. The fourth-order valence-corrected chi connectivity index (χ4v) is 1.99. The van der Waals surface area contributed by atoms with Crippen LogP contribution in [0, 0.1) is 6.92 Å². The van der Waals surface area contributed by atoms with Crippen LogP contribution in [0.4, 0.5) is 0 Å². The van der Waals surface area contributed by atoms with Gasteiger partial charge in [-0.1, -0.05) is 0 Å². The van der Waals surface area contributed by atoms with Crippen LogP contribution < -0.4 is 0 Å². The first kappa shape index (κ1) is 11.3. The van der Waals surface area contributed by atoms with Crippen molar-refractivity contribution in [3.05, 3.63) is 23.3 Å². The largest absolute Gasteiger partial charge is 0.337 e. The molecule has 0 bridgehead atoms. The van der Waals surface area contributed by atoms with E-state index < -0.39 is 5.38 Å². The van der Waals surface area contributed by atoms with E-state index in [1.54, 1.807) is 18.0 Å². The van der Waals surface area contributed by atoms with Crippen molar-refractivity contribution in [1.82, 2.24) is 14.9 Å². The molecule has 1 aliphatic rings. The number of amides is 1. The van der Waals surface area contributed by atoms with Crippen LogP contribution >= 0.6 is 11.6 Å². The van der Waals surface area contributed by atoms with Crippen molar-refractivity contribution in [3.63, 3.8) is 0 Å². The zero-order valence-electron chi connectivity index (χ0n) is 9.40. The average Bonchev–Trinajstić information content (AvgIpc) is 2.27. The van der Waals surface area contributed by atoms with E-state index in [2.05, 4.69) is 9.97 Å². The maximum atomic E-state index is 11.7. The summed E-state index contributed by atoms with van der Waals surface area (Å²) in [6.45, 7) is 4.84. The molecule has 1 aromatic rings. The Balaban J connectivity index is 2.18. The first-order valence-electron chi connectivity index (χ1n) is 5.32. The Hall–Kier alpha value is -1.16. The van der Waals surface area contributed by atoms with Crippen LogP contribution in [0.5, 0.6) is 0 Å². The second kappa shape index (κ2) is 4.37. The Bertz CT molecular complexity index is 420. The summed E-state index contributed by atoms with van der Waals surface area (Å²) >= 11 is 5.79. The zero-order valence-corrected chi connectivity index (χ0v) is 10.2. The van der Waals surface area contributed by atoms with Gasteiger partial charge in [-0.2, -0.15) is 0 Å². The van der Waals surface area contributed by atoms with Crippen molar-refractivity contribution in [1.29, 1.82) is 0 Å². The maximum Gasteiger partial charge on any atom is 0.240 e. The van der Waals surface area contributed by atoms with Gasteiger partial charge in [-0.3, -0.25) is 4.79 Å². The molecule has 1 unspecified atom stereocenters. The van der Waals surface area contributed by atoms with Crippen LogP contribution in [0.3, 0.4) is 0 Å². The van der Waals surface area contributed by atoms with E-state index in [0.29, 0.717) is 13.1 Å². The molecule has 0 saturated heterocycles. The molecule has 0 aliphatic carbocycles. The van der Waals surface area contributed by atoms with Gasteiger partial charge in [0.2, 0.25) is 5.91 Å². The van der Waals surface area contributed by atoms with Crippen molar-refractivity contribution < 1.29 is 4.79 Å². The molecule has 1 atom stereocenters. The Labute approximate surface area is 99.6 Å². The summed E-state index contributed by atoms with van der Waals surface area (Å²) < 4.78 is 0. The molecule has 0 fully saturated rings. The Morgan fingerprint density at radius 3 is 3.06 bits per heavy atom. The van der Waals surface area contributed by atoms with Gasteiger partial charge >= 0.3 is 0 Å². The lowest BCUT2D eigenvalue weighted by atomic mass is 10.1. The Morgan fingerprint density at radius 2 is 2.38 bits per heavy atom. The average molecular weight is 240 g/mol. The summed E-state index contributed by atoms with van der Waals surface area (Å²) in [6.07, 6.45) is 2.59. The molecule has 2 heterocycles. The highest BCUT2D eigenvalue weighted by Crippen LogP contribution is 2.17. The number of carbonyl (C=O) groups excluding carboxylic acids is 1. The number of rotatable bonds is 1. The lowest BCUT2D eigenvalue weighted by molar-refractivity contribution is -0.131. The minimum absolute atomic E-state index is 0.0205. The van der Waals surface area contributed by atoms with Gasteiger partial charge < -0.3 is 4.90 Å². The molecule has 86 valence electrons. The smallest absolute Gasteiger partial charge is 0.240 e. The summed E-state index contributed by atoms with van der Waals surface area (Å²) in [4.78, 5) is 22.0. The summed E-state index contributed by atoms with van der Waals surface area (Å²) in [5, 5.41) is -0.465. The number of hydrogen-bond acceptors (Lipinski definition) is 3. The standard InChI is InChI=1S/C11H14ClN3O/c1-7(12)11(16)15-4-3-10-9(6-15)5-13-8(2)14-10/h5,7H,3-4,6H2,1-2H3. The minimum Gasteiger partial charge on any atom is -0.337 e. The maximum absolute atomic E-state index is 11.7. The van der Waals surface area contributed by atoms with Crippen LogP contribution in [0.1, 0.15) is 24.0 Å². The van der Waals surface area contributed by atoms with E-state index in [9.17, 15) is 4.79 Å². The van der Waals surface area contributed by atoms with E-state index in [4.69, 9.17) is 11.6 Å². The molecule has 1 aliphatic heterocycles. The van der Waals surface area contributed by atoms with E-state index in [0.717, 1.165) is 23.5 Å². The van der Waals surface area contributed by atoms with E-state index in [1.165, 1.54) is 0 Å². The van der Waals surface area contributed by atoms with Crippen molar-refractivity contribution in [2.45, 2.75) is 32.2 Å². The van der Waals surface area contributed by atoms with Crippen LogP contribution in [0.25, 0.3) is 0 Å². The van der Waals surface area contributed by atoms with Crippen LogP contribution in [-0.4, -0.2) is 32.7 Å². The molecule has 0 spiro atoms. The Morgan fingerprint density at radius 1 is 1.62 bits per heavy atom. The van der Waals surface area contributed by atoms with Crippen molar-refractivity contribution >= 4 is 17.5 Å². The molecule has 1 amide bonds. The fourth-order valence-electron chi connectivity index (χ4n) is 1.86. The topological polar surface area (TPSA) is 46.1 Å². The predicted molar refractivity (Wildman–Crippen MR) is 61.2 cm³/mol. The SMILES string of the molecule is Cc1ncc2c(n1)CCN(C(=O)C(C)Cl)C2. The number of carbonyl (C=O) groups is 1. The highest BCUT2D eigenvalue weighted by Gasteiger charge is 2.24. The van der Waals surface area contributed by atoms with Gasteiger partial charge in [-0.15, -0.1) is 11.6 Å². The van der Waals surface area contributed by atoms with Crippen molar-refractivity contribution in [2.75, 3.05) is 6.54 Å². The highest BCUT2D eigenvalue weighted by atomic mass is 35.5. The second-order valence-electron chi connectivity index (χ2n) is 4.01. The van der Waals surface area contributed by atoms with Crippen LogP contribution in [0.2, 0.25) is 0 Å². The number of alkyl halides is 1. The predicted octanol–water partition coefficient (Wildman–Crippen LogP) is 1.30. The van der Waals surface area contributed by atoms with Gasteiger partial charge in [-0.25, -0.2) is 9.97 Å². The summed E-state index contributed by atoms with van der Waals surface area (Å²) in [5.74, 6) is 0.761. The third-order valence-corrected chi connectivity index (χ3v) is 2.89. The fraction of sp³-hybridized carbons (Fsp3) is 0.545. The quantitative estimate of drug-likeness (QED) is 0.694. The number of aromatic nitrogens is 2. The molecular formula is C11H14ClN3O. The molecular weight excluding hydrogens is 226 g/mol. The summed E-state index contributed by atoms with van der Waals surface area (Å²) in [6, 6.07) is 0. The molecule has 5 heteroatoms. The van der Waals surface area contributed by atoms with Crippen LogP contribution in [-0.2, 0) is 17.8 Å². The number of hydrogen-bond donors (Lipinski definition) is 0. The minimum atomic E-state index is -0.465. The van der Waals surface area contributed by atoms with E-state index in [1.807, 2.05) is 6.92 Å². The number of aryl methyl sites for hydroxylation is 1. The van der Waals surface area contributed by atoms with Crippen molar-refractivity contribution in [3.8, 4) is 0 Å².